The summed E-state index contributed by atoms with van der Waals surface area (Å²) in [4.78, 5) is 24.2. The van der Waals surface area contributed by atoms with E-state index in [1.54, 1.807) is 30.3 Å². The third-order valence-corrected chi connectivity index (χ3v) is 4.88. The minimum atomic E-state index is -1.07. The number of rotatable bonds is 7. The number of nitrogens with two attached hydrogens (primary N) is 1. The van der Waals surface area contributed by atoms with Crippen molar-refractivity contribution in [1.82, 2.24) is 4.98 Å². The van der Waals surface area contributed by atoms with Gasteiger partial charge >= 0.3 is 10.8 Å². The molecule has 1 atom stereocenters. The first-order valence-corrected chi connectivity index (χ1v) is 9.08. The molecule has 0 spiro atoms. The molecule has 0 amide bonds. The van der Waals surface area contributed by atoms with Gasteiger partial charge in [0.1, 0.15) is 23.4 Å². The number of halogens is 1. The normalized spacial score (nSPS) is 11.9. The van der Waals surface area contributed by atoms with Gasteiger partial charge in [-0.1, -0.05) is 29.5 Å². The first kappa shape index (κ1) is 19.6. The van der Waals surface area contributed by atoms with E-state index in [0.29, 0.717) is 16.2 Å². The molecule has 1 aromatic heterocycles. The average molecular weight is 404 g/mol. The van der Waals surface area contributed by atoms with Gasteiger partial charge in [0.15, 0.2) is 0 Å². The first-order valence-electron chi connectivity index (χ1n) is 8.26. The molecule has 0 radical (unpaired) electrons. The molecule has 0 fully saturated rings. The summed E-state index contributed by atoms with van der Waals surface area (Å²) >= 11 is 0.827. The second-order valence-electron chi connectivity index (χ2n) is 6.11. The Morgan fingerprint density at radius 1 is 1.21 bits per heavy atom. The predicted octanol–water partition coefficient (Wildman–Crippen LogP) is 2.62. The standard InChI is InChI=1S/C19H17FN2O5S/c20-14-9-13(6-3-11(14)8-16-17(23)22-19(26)28-16)27-12-4-1-10(2-5-12)7-15(21)18(24)25/h1-6,9,15,23H,7-8,21H2,(H,22,26)(H,24,25). The molecule has 3 aromatic rings. The number of H-pyrrole nitrogens is 1. The zero-order chi connectivity index (χ0) is 20.3. The van der Waals surface area contributed by atoms with E-state index >= 15 is 0 Å². The van der Waals surface area contributed by atoms with Gasteiger partial charge in [-0.05, 0) is 35.7 Å². The molecule has 1 unspecified atom stereocenters. The molecule has 7 nitrogen and oxygen atoms in total. The van der Waals surface area contributed by atoms with E-state index in [9.17, 15) is 19.1 Å². The van der Waals surface area contributed by atoms with Crippen LogP contribution in [0, 0.1) is 5.82 Å². The van der Waals surface area contributed by atoms with Gasteiger partial charge in [0, 0.05) is 12.5 Å². The van der Waals surface area contributed by atoms with Crippen molar-refractivity contribution in [2.75, 3.05) is 0 Å². The molecular weight excluding hydrogens is 387 g/mol. The monoisotopic (exact) mass is 404 g/mol. The third kappa shape index (κ3) is 4.76. The molecule has 0 aliphatic carbocycles. The van der Waals surface area contributed by atoms with Crippen LogP contribution in [-0.2, 0) is 17.6 Å². The van der Waals surface area contributed by atoms with Crippen LogP contribution in [0.5, 0.6) is 17.4 Å². The molecule has 9 heteroatoms. The number of benzene rings is 2. The van der Waals surface area contributed by atoms with Crippen LogP contribution in [-0.4, -0.2) is 27.2 Å². The highest BCUT2D eigenvalue weighted by Crippen LogP contribution is 2.27. The fraction of sp³-hybridized carbons (Fsp3) is 0.158. The summed E-state index contributed by atoms with van der Waals surface area (Å²) in [7, 11) is 0. The van der Waals surface area contributed by atoms with Crippen LogP contribution in [0.1, 0.15) is 16.0 Å². The summed E-state index contributed by atoms with van der Waals surface area (Å²) in [5.41, 5.74) is 6.56. The predicted molar refractivity (Wildman–Crippen MR) is 102 cm³/mol. The van der Waals surface area contributed by atoms with E-state index in [2.05, 4.69) is 4.98 Å². The topological polar surface area (TPSA) is 126 Å². The van der Waals surface area contributed by atoms with Gasteiger partial charge in [0.2, 0.25) is 5.88 Å². The van der Waals surface area contributed by atoms with Crippen molar-refractivity contribution in [3.05, 3.63) is 74.0 Å². The number of nitrogens with one attached hydrogen (secondary N) is 1. The van der Waals surface area contributed by atoms with E-state index in [0.717, 1.165) is 16.9 Å². The van der Waals surface area contributed by atoms with Crippen LogP contribution in [0.4, 0.5) is 4.39 Å². The van der Waals surface area contributed by atoms with Crippen LogP contribution >= 0.6 is 11.3 Å². The lowest BCUT2D eigenvalue weighted by Crippen LogP contribution is -2.32. The van der Waals surface area contributed by atoms with Gasteiger partial charge in [0.25, 0.3) is 0 Å². The number of aromatic amines is 1. The summed E-state index contributed by atoms with van der Waals surface area (Å²) < 4.78 is 20.0. The minimum absolute atomic E-state index is 0.0832. The van der Waals surface area contributed by atoms with Gasteiger partial charge < -0.3 is 20.7 Å². The average Bonchev–Trinajstić information content (AvgIpc) is 2.96. The maximum atomic E-state index is 14.3. The molecule has 3 rings (SSSR count). The summed E-state index contributed by atoms with van der Waals surface area (Å²) in [5, 5.41) is 18.4. The van der Waals surface area contributed by atoms with Crippen molar-refractivity contribution in [2.24, 2.45) is 5.73 Å². The number of hydrogen-bond acceptors (Lipinski definition) is 6. The number of aromatic nitrogens is 1. The Hall–Kier alpha value is -3.17. The SMILES string of the molecule is NC(Cc1ccc(Oc2ccc(Cc3sc(=O)[nH]c3O)c(F)c2)cc1)C(=O)O. The number of carboxylic acid groups (broad SMARTS) is 1. The van der Waals surface area contributed by atoms with Crippen LogP contribution in [0.15, 0.2) is 47.3 Å². The van der Waals surface area contributed by atoms with Crippen LogP contribution in [0.25, 0.3) is 0 Å². The van der Waals surface area contributed by atoms with Crippen LogP contribution < -0.4 is 15.3 Å². The highest BCUT2D eigenvalue weighted by Gasteiger charge is 2.13. The quantitative estimate of drug-likeness (QED) is 0.480. The zero-order valence-corrected chi connectivity index (χ0v) is 15.3. The van der Waals surface area contributed by atoms with E-state index < -0.39 is 22.7 Å². The second kappa shape index (κ2) is 8.24. The summed E-state index contributed by atoms with van der Waals surface area (Å²) in [6, 6.07) is 10.0. The number of carboxylic acids is 1. The Kier molecular flexibility index (Phi) is 5.76. The Morgan fingerprint density at radius 3 is 2.46 bits per heavy atom. The minimum Gasteiger partial charge on any atom is -0.494 e. The molecule has 28 heavy (non-hydrogen) atoms. The van der Waals surface area contributed by atoms with Crippen molar-refractivity contribution in [3.8, 4) is 17.4 Å². The van der Waals surface area contributed by atoms with Crippen molar-refractivity contribution >= 4 is 17.3 Å². The number of ether oxygens (including phenoxy) is 1. The van der Waals surface area contributed by atoms with E-state index in [4.69, 9.17) is 15.6 Å². The highest BCUT2D eigenvalue weighted by atomic mass is 32.1. The largest absolute Gasteiger partial charge is 0.494 e. The summed E-state index contributed by atoms with van der Waals surface area (Å²) in [5.74, 6) is -1.11. The first-order chi connectivity index (χ1) is 13.3. The van der Waals surface area contributed by atoms with Crippen molar-refractivity contribution in [3.63, 3.8) is 0 Å². The Bertz CT molecular complexity index is 1050. The summed E-state index contributed by atoms with van der Waals surface area (Å²) in [6.45, 7) is 0. The Morgan fingerprint density at radius 2 is 1.89 bits per heavy atom. The van der Waals surface area contributed by atoms with E-state index in [1.165, 1.54) is 12.1 Å². The molecule has 2 aromatic carbocycles. The molecule has 146 valence electrons. The van der Waals surface area contributed by atoms with Crippen LogP contribution in [0.3, 0.4) is 0 Å². The number of aromatic hydroxyl groups is 1. The Balaban J connectivity index is 1.68. The molecule has 5 N–H and O–H groups in total. The molecule has 0 saturated carbocycles. The lowest BCUT2D eigenvalue weighted by molar-refractivity contribution is -0.138. The van der Waals surface area contributed by atoms with Gasteiger partial charge in [-0.25, -0.2) is 4.39 Å². The van der Waals surface area contributed by atoms with Crippen LogP contribution in [0.2, 0.25) is 0 Å². The van der Waals surface area contributed by atoms with Crippen molar-refractivity contribution in [1.29, 1.82) is 0 Å². The van der Waals surface area contributed by atoms with E-state index in [1.807, 2.05) is 0 Å². The van der Waals surface area contributed by atoms with Gasteiger partial charge in [-0.2, -0.15) is 0 Å². The number of hydrogen-bond donors (Lipinski definition) is 4. The lowest BCUT2D eigenvalue weighted by Gasteiger charge is -2.10. The summed E-state index contributed by atoms with van der Waals surface area (Å²) in [6.07, 6.45) is 0.275. The van der Waals surface area contributed by atoms with Gasteiger partial charge in [-0.15, -0.1) is 0 Å². The van der Waals surface area contributed by atoms with Crippen molar-refractivity contribution < 1.29 is 24.1 Å². The maximum Gasteiger partial charge on any atom is 0.320 e. The van der Waals surface area contributed by atoms with Crippen molar-refractivity contribution in [2.45, 2.75) is 18.9 Å². The second-order valence-corrected chi connectivity index (χ2v) is 7.18. The number of thiazole rings is 1. The fourth-order valence-electron chi connectivity index (χ4n) is 2.55. The third-order valence-electron chi connectivity index (χ3n) is 4.01. The number of aliphatic carboxylic acids is 1. The van der Waals surface area contributed by atoms with Gasteiger partial charge in [0.05, 0.1) is 4.88 Å². The van der Waals surface area contributed by atoms with Gasteiger partial charge in [-0.3, -0.25) is 14.6 Å². The maximum absolute atomic E-state index is 14.3. The highest BCUT2D eigenvalue weighted by molar-refractivity contribution is 7.09. The smallest absolute Gasteiger partial charge is 0.320 e. The zero-order valence-electron chi connectivity index (χ0n) is 14.5. The molecule has 0 bridgehead atoms. The molecule has 0 aliphatic rings. The molecular formula is C19H17FN2O5S. The molecule has 1 heterocycles. The molecule has 0 aliphatic heterocycles. The number of carbonyl (C=O) groups is 1. The Labute approximate surface area is 162 Å². The molecule has 0 saturated heterocycles. The lowest BCUT2D eigenvalue weighted by atomic mass is 10.1. The fourth-order valence-corrected chi connectivity index (χ4v) is 3.30. The van der Waals surface area contributed by atoms with E-state index in [-0.39, 0.29) is 24.5 Å².